The van der Waals surface area contributed by atoms with Gasteiger partial charge in [-0.05, 0) is 18.4 Å². The van der Waals surface area contributed by atoms with Crippen LogP contribution in [0.5, 0.6) is 0 Å². The molecule has 2 rings (SSSR count). The van der Waals surface area contributed by atoms with E-state index in [0.29, 0.717) is 12.0 Å². The van der Waals surface area contributed by atoms with Crippen molar-refractivity contribution in [3.63, 3.8) is 0 Å². The van der Waals surface area contributed by atoms with Gasteiger partial charge in [0, 0.05) is 18.3 Å². The van der Waals surface area contributed by atoms with Crippen LogP contribution in [0.2, 0.25) is 0 Å². The number of carbonyl (C=O) groups is 1. The third-order valence-corrected chi connectivity index (χ3v) is 4.47. The molecule has 0 aromatic carbocycles. The van der Waals surface area contributed by atoms with Crippen LogP contribution in [-0.2, 0) is 0 Å². The molecule has 1 amide bonds. The molecule has 108 valence electrons. The van der Waals surface area contributed by atoms with E-state index in [-0.39, 0.29) is 12.5 Å². The molecule has 1 aromatic rings. The number of hydrogen-bond donors (Lipinski definition) is 2. The molecule has 0 radical (unpaired) electrons. The van der Waals surface area contributed by atoms with E-state index in [1.165, 1.54) is 37.0 Å². The van der Waals surface area contributed by atoms with Crippen molar-refractivity contribution in [2.24, 2.45) is 5.92 Å². The number of carbonyl (C=O) groups excluding carboxylic acids is 1. The van der Waals surface area contributed by atoms with Crippen LogP contribution in [-0.4, -0.2) is 24.2 Å². The molecule has 0 spiro atoms. The molecule has 0 saturated heterocycles. The molecule has 0 bridgehead atoms. The van der Waals surface area contributed by atoms with Gasteiger partial charge in [0.25, 0.3) is 5.91 Å². The summed E-state index contributed by atoms with van der Waals surface area (Å²) in [6.45, 7) is 0.845. The zero-order chi connectivity index (χ0) is 14.2. The third kappa shape index (κ3) is 4.66. The van der Waals surface area contributed by atoms with Crippen molar-refractivity contribution in [1.29, 1.82) is 0 Å². The molecule has 0 unspecified atom stereocenters. The van der Waals surface area contributed by atoms with E-state index in [9.17, 15) is 4.79 Å². The van der Waals surface area contributed by atoms with Gasteiger partial charge in [-0.3, -0.25) is 4.79 Å². The Bertz CT molecular complexity index is 492. The molecular formula is C16H21NO2S. The molecule has 0 aliphatic heterocycles. The fourth-order valence-electron chi connectivity index (χ4n) is 2.52. The molecule has 4 heteroatoms. The van der Waals surface area contributed by atoms with E-state index in [0.717, 1.165) is 23.8 Å². The largest absolute Gasteiger partial charge is 0.395 e. The van der Waals surface area contributed by atoms with Crippen molar-refractivity contribution >= 4 is 17.2 Å². The second-order valence-electron chi connectivity index (χ2n) is 5.17. The Morgan fingerprint density at radius 1 is 1.45 bits per heavy atom. The van der Waals surface area contributed by atoms with Crippen molar-refractivity contribution in [2.75, 3.05) is 13.2 Å². The predicted octanol–water partition coefficient (Wildman–Crippen LogP) is 2.79. The summed E-state index contributed by atoms with van der Waals surface area (Å²) >= 11 is 1.47. The highest BCUT2D eigenvalue weighted by Crippen LogP contribution is 2.26. The van der Waals surface area contributed by atoms with E-state index < -0.39 is 0 Å². The Kier molecular flexibility index (Phi) is 6.10. The zero-order valence-electron chi connectivity index (χ0n) is 11.7. The average Bonchev–Trinajstić information content (AvgIpc) is 3.10. The van der Waals surface area contributed by atoms with Crippen molar-refractivity contribution in [1.82, 2.24) is 5.32 Å². The maximum absolute atomic E-state index is 12.0. The SMILES string of the molecule is O=C(NCCC1CCCC1)c1csc(C#CCCO)c1. The van der Waals surface area contributed by atoms with Crippen LogP contribution in [0.25, 0.3) is 0 Å². The van der Waals surface area contributed by atoms with E-state index in [1.54, 1.807) is 0 Å². The summed E-state index contributed by atoms with van der Waals surface area (Å²) in [7, 11) is 0. The molecular weight excluding hydrogens is 270 g/mol. The van der Waals surface area contributed by atoms with E-state index in [4.69, 9.17) is 5.11 Å². The maximum atomic E-state index is 12.0. The third-order valence-electron chi connectivity index (χ3n) is 3.62. The van der Waals surface area contributed by atoms with E-state index in [1.807, 2.05) is 11.4 Å². The molecule has 1 saturated carbocycles. The number of hydrogen-bond acceptors (Lipinski definition) is 3. The first kappa shape index (κ1) is 15.1. The summed E-state index contributed by atoms with van der Waals surface area (Å²) in [5.41, 5.74) is 0.690. The minimum absolute atomic E-state index is 0.00513. The van der Waals surface area contributed by atoms with Gasteiger partial charge in [-0.25, -0.2) is 0 Å². The first-order valence-electron chi connectivity index (χ1n) is 7.26. The van der Waals surface area contributed by atoms with Crippen LogP contribution in [0, 0.1) is 17.8 Å². The Balaban J connectivity index is 1.76. The molecule has 20 heavy (non-hydrogen) atoms. The number of aliphatic hydroxyl groups excluding tert-OH is 1. The van der Waals surface area contributed by atoms with Gasteiger partial charge in [-0.1, -0.05) is 37.5 Å². The lowest BCUT2D eigenvalue weighted by Crippen LogP contribution is -2.25. The molecule has 1 fully saturated rings. The van der Waals surface area contributed by atoms with Gasteiger partial charge < -0.3 is 10.4 Å². The standard InChI is InChI=1S/C16H21NO2S/c18-10-4-3-7-15-11-14(12-20-15)16(19)17-9-8-13-5-1-2-6-13/h11-13,18H,1-2,4-6,8-10H2,(H,17,19). The highest BCUT2D eigenvalue weighted by Gasteiger charge is 2.15. The van der Waals surface area contributed by atoms with Crippen LogP contribution in [0.3, 0.4) is 0 Å². The quantitative estimate of drug-likeness (QED) is 0.820. The second kappa shape index (κ2) is 8.08. The van der Waals surface area contributed by atoms with Crippen LogP contribution in [0.15, 0.2) is 11.4 Å². The summed E-state index contributed by atoms with van der Waals surface area (Å²) in [4.78, 5) is 12.8. The van der Waals surface area contributed by atoms with Gasteiger partial charge >= 0.3 is 0 Å². The lowest BCUT2D eigenvalue weighted by molar-refractivity contribution is 0.0952. The number of thiophene rings is 1. The molecule has 3 nitrogen and oxygen atoms in total. The number of aliphatic hydroxyl groups is 1. The fourth-order valence-corrected chi connectivity index (χ4v) is 3.27. The van der Waals surface area contributed by atoms with Crippen molar-refractivity contribution in [3.8, 4) is 11.8 Å². The van der Waals surface area contributed by atoms with Crippen molar-refractivity contribution in [2.45, 2.75) is 38.5 Å². The Morgan fingerprint density at radius 2 is 2.25 bits per heavy atom. The molecule has 2 N–H and O–H groups in total. The van der Waals surface area contributed by atoms with Gasteiger partial charge in [0.05, 0.1) is 17.0 Å². The van der Waals surface area contributed by atoms with Crippen molar-refractivity contribution < 1.29 is 9.90 Å². The zero-order valence-corrected chi connectivity index (χ0v) is 12.5. The summed E-state index contributed by atoms with van der Waals surface area (Å²) < 4.78 is 0. The molecule has 1 aromatic heterocycles. The molecule has 1 aliphatic rings. The van der Waals surface area contributed by atoms with Gasteiger partial charge in [-0.2, -0.15) is 0 Å². The molecule has 0 atom stereocenters. The average molecular weight is 291 g/mol. The first-order chi connectivity index (χ1) is 9.79. The molecule has 1 aliphatic carbocycles. The van der Waals surface area contributed by atoms with Crippen LogP contribution < -0.4 is 5.32 Å². The monoisotopic (exact) mass is 291 g/mol. The first-order valence-corrected chi connectivity index (χ1v) is 8.14. The number of nitrogens with one attached hydrogen (secondary N) is 1. The minimum Gasteiger partial charge on any atom is -0.395 e. The van der Waals surface area contributed by atoms with Gasteiger partial charge in [-0.15, -0.1) is 11.3 Å². The van der Waals surface area contributed by atoms with Crippen molar-refractivity contribution in [3.05, 3.63) is 21.9 Å². The lowest BCUT2D eigenvalue weighted by Gasteiger charge is -2.09. The second-order valence-corrected chi connectivity index (χ2v) is 6.08. The maximum Gasteiger partial charge on any atom is 0.252 e. The Hall–Kier alpha value is -1.31. The topological polar surface area (TPSA) is 49.3 Å². The van der Waals surface area contributed by atoms with E-state index in [2.05, 4.69) is 17.2 Å². The normalized spacial score (nSPS) is 14.8. The number of rotatable bonds is 5. The summed E-state index contributed by atoms with van der Waals surface area (Å²) in [6.07, 6.45) is 6.90. The van der Waals surface area contributed by atoms with Crippen LogP contribution >= 0.6 is 11.3 Å². The lowest BCUT2D eigenvalue weighted by atomic mass is 10.0. The predicted molar refractivity (Wildman–Crippen MR) is 81.8 cm³/mol. The Labute approximate surface area is 124 Å². The summed E-state index contributed by atoms with van der Waals surface area (Å²) in [5, 5.41) is 13.5. The fraction of sp³-hybridized carbons (Fsp3) is 0.562. The van der Waals surface area contributed by atoms with E-state index >= 15 is 0 Å². The van der Waals surface area contributed by atoms with Gasteiger partial charge in [0.15, 0.2) is 0 Å². The van der Waals surface area contributed by atoms with Crippen LogP contribution in [0.4, 0.5) is 0 Å². The van der Waals surface area contributed by atoms with Gasteiger partial charge in [0.1, 0.15) is 0 Å². The summed E-state index contributed by atoms with van der Waals surface area (Å²) in [5.74, 6) is 6.61. The van der Waals surface area contributed by atoms with Crippen LogP contribution in [0.1, 0.15) is 53.8 Å². The smallest absolute Gasteiger partial charge is 0.252 e. The molecule has 1 heterocycles. The minimum atomic E-state index is -0.00513. The Morgan fingerprint density at radius 3 is 3.00 bits per heavy atom. The summed E-state index contributed by atoms with van der Waals surface area (Å²) in [6, 6.07) is 1.82. The highest BCUT2D eigenvalue weighted by molar-refractivity contribution is 7.10. The highest BCUT2D eigenvalue weighted by atomic mass is 32.1. The van der Waals surface area contributed by atoms with Gasteiger partial charge in [0.2, 0.25) is 0 Å². The number of amides is 1.